The summed E-state index contributed by atoms with van der Waals surface area (Å²) < 4.78 is 10.6. The lowest BCUT2D eigenvalue weighted by molar-refractivity contribution is 0.0515. The molecule has 4 rings (SSSR count). The highest BCUT2D eigenvalue weighted by atomic mass is 32.1. The largest absolute Gasteiger partial charge is 0.467 e. The first kappa shape index (κ1) is 17.7. The SMILES string of the molecule is COCOc1ccccc1-c1cc2c3c(sc2nn1)CC[C@H](NC(=O)O)C3. The topological polar surface area (TPSA) is 93.6 Å². The first-order valence-corrected chi connectivity index (χ1v) is 9.46. The second-order valence-electron chi connectivity index (χ2n) is 6.39. The van der Waals surface area contributed by atoms with Crippen molar-refractivity contribution >= 4 is 27.6 Å². The molecule has 0 aliphatic heterocycles. The van der Waals surface area contributed by atoms with E-state index in [9.17, 15) is 4.79 Å². The van der Waals surface area contributed by atoms with Crippen molar-refractivity contribution in [3.63, 3.8) is 0 Å². The van der Waals surface area contributed by atoms with Gasteiger partial charge in [-0.15, -0.1) is 21.5 Å². The number of aryl methyl sites for hydroxylation is 1. The molecule has 1 amide bonds. The van der Waals surface area contributed by atoms with Crippen LogP contribution in [0.3, 0.4) is 0 Å². The van der Waals surface area contributed by atoms with Crippen LogP contribution in [0.15, 0.2) is 30.3 Å². The molecule has 0 unspecified atom stereocenters. The molecule has 1 atom stereocenters. The minimum Gasteiger partial charge on any atom is -0.467 e. The minimum absolute atomic E-state index is 0.0678. The molecule has 3 aromatic rings. The first-order valence-electron chi connectivity index (χ1n) is 8.64. The van der Waals surface area contributed by atoms with E-state index < -0.39 is 6.09 Å². The number of amides is 1. The van der Waals surface area contributed by atoms with Crippen LogP contribution < -0.4 is 10.1 Å². The van der Waals surface area contributed by atoms with Gasteiger partial charge in [-0.25, -0.2) is 4.79 Å². The molecule has 0 saturated heterocycles. The zero-order valence-corrected chi connectivity index (χ0v) is 15.6. The molecule has 27 heavy (non-hydrogen) atoms. The minimum atomic E-state index is -0.979. The van der Waals surface area contributed by atoms with E-state index in [1.807, 2.05) is 30.3 Å². The fourth-order valence-corrected chi connectivity index (χ4v) is 4.58. The Labute approximate surface area is 159 Å². The van der Waals surface area contributed by atoms with Crippen LogP contribution in [0, 0.1) is 0 Å². The fourth-order valence-electron chi connectivity index (χ4n) is 3.44. The highest BCUT2D eigenvalue weighted by Gasteiger charge is 2.25. The van der Waals surface area contributed by atoms with Gasteiger partial charge >= 0.3 is 6.09 Å². The summed E-state index contributed by atoms with van der Waals surface area (Å²) in [6, 6.07) is 9.59. The van der Waals surface area contributed by atoms with E-state index in [2.05, 4.69) is 15.5 Å². The average Bonchev–Trinajstić information content (AvgIpc) is 3.03. The van der Waals surface area contributed by atoms with Gasteiger partial charge in [0.15, 0.2) is 6.79 Å². The van der Waals surface area contributed by atoms with Gasteiger partial charge in [-0.05, 0) is 43.0 Å². The van der Waals surface area contributed by atoms with Crippen LogP contribution in [0.4, 0.5) is 4.79 Å². The number of thiophene rings is 1. The van der Waals surface area contributed by atoms with Crippen LogP contribution in [-0.4, -0.2) is 41.3 Å². The maximum absolute atomic E-state index is 11.0. The van der Waals surface area contributed by atoms with Crippen molar-refractivity contribution in [1.82, 2.24) is 15.5 Å². The van der Waals surface area contributed by atoms with Crippen LogP contribution >= 0.6 is 11.3 Å². The molecule has 1 aliphatic carbocycles. The van der Waals surface area contributed by atoms with Crippen molar-refractivity contribution in [3.05, 3.63) is 40.8 Å². The first-order chi connectivity index (χ1) is 13.2. The number of para-hydroxylation sites is 1. The van der Waals surface area contributed by atoms with E-state index in [0.717, 1.165) is 34.3 Å². The lowest BCUT2D eigenvalue weighted by atomic mass is 9.92. The van der Waals surface area contributed by atoms with Crippen molar-refractivity contribution in [3.8, 4) is 17.0 Å². The Morgan fingerprint density at radius 3 is 3.04 bits per heavy atom. The molecule has 140 valence electrons. The van der Waals surface area contributed by atoms with E-state index in [1.165, 1.54) is 10.4 Å². The Kier molecular flexibility index (Phi) is 4.91. The van der Waals surface area contributed by atoms with Gasteiger partial charge in [0.1, 0.15) is 10.6 Å². The standard InChI is InChI=1S/C19H19N3O4S/c1-25-10-26-16-5-3-2-4-12(16)15-9-14-13-8-11(20-19(23)24)6-7-17(13)27-18(14)22-21-15/h2-5,9,11,20H,6-8,10H2,1H3,(H,23,24)/t11-/m0/s1. The summed E-state index contributed by atoms with van der Waals surface area (Å²) in [6.45, 7) is 0.156. The lowest BCUT2D eigenvalue weighted by Crippen LogP contribution is -2.37. The Hall–Kier alpha value is -2.71. The predicted octanol–water partition coefficient (Wildman–Crippen LogP) is 3.47. The van der Waals surface area contributed by atoms with Crippen LogP contribution in [0.25, 0.3) is 21.5 Å². The van der Waals surface area contributed by atoms with Gasteiger partial charge in [-0.3, -0.25) is 0 Å². The number of hydrogen-bond donors (Lipinski definition) is 2. The van der Waals surface area contributed by atoms with Crippen molar-refractivity contribution in [2.45, 2.75) is 25.3 Å². The second kappa shape index (κ2) is 7.50. The summed E-state index contributed by atoms with van der Waals surface area (Å²) in [5, 5.41) is 21.5. The second-order valence-corrected chi connectivity index (χ2v) is 7.47. The zero-order valence-electron chi connectivity index (χ0n) is 14.8. The normalized spacial score (nSPS) is 16.1. The number of nitrogens with one attached hydrogen (secondary N) is 1. The maximum Gasteiger partial charge on any atom is 0.404 e. The third-order valence-corrected chi connectivity index (χ3v) is 5.83. The summed E-state index contributed by atoms with van der Waals surface area (Å²) >= 11 is 1.64. The molecule has 2 heterocycles. The third-order valence-electron chi connectivity index (χ3n) is 4.63. The van der Waals surface area contributed by atoms with Crippen molar-refractivity contribution in [2.75, 3.05) is 13.9 Å². The number of aromatic nitrogens is 2. The Morgan fingerprint density at radius 1 is 1.37 bits per heavy atom. The molecule has 1 aromatic carbocycles. The number of nitrogens with zero attached hydrogens (tertiary/aromatic N) is 2. The average molecular weight is 385 g/mol. The molecule has 2 aromatic heterocycles. The molecule has 0 spiro atoms. The van der Waals surface area contributed by atoms with Gasteiger partial charge in [0.25, 0.3) is 0 Å². The van der Waals surface area contributed by atoms with E-state index >= 15 is 0 Å². The van der Waals surface area contributed by atoms with Crippen molar-refractivity contribution in [2.24, 2.45) is 0 Å². The third kappa shape index (κ3) is 3.58. The summed E-state index contributed by atoms with van der Waals surface area (Å²) in [7, 11) is 1.58. The van der Waals surface area contributed by atoms with Crippen LogP contribution in [0.2, 0.25) is 0 Å². The molecule has 0 fully saturated rings. The summed E-state index contributed by atoms with van der Waals surface area (Å²) in [4.78, 5) is 13.1. The number of fused-ring (bicyclic) bond motifs is 3. The molecule has 2 N–H and O–H groups in total. The van der Waals surface area contributed by atoms with E-state index in [1.54, 1.807) is 18.4 Å². The van der Waals surface area contributed by atoms with E-state index in [-0.39, 0.29) is 12.8 Å². The molecule has 0 saturated carbocycles. The lowest BCUT2D eigenvalue weighted by Gasteiger charge is -2.22. The molecular formula is C19H19N3O4S. The summed E-state index contributed by atoms with van der Waals surface area (Å²) in [5.41, 5.74) is 2.74. The van der Waals surface area contributed by atoms with Crippen LogP contribution in [-0.2, 0) is 17.6 Å². The zero-order chi connectivity index (χ0) is 18.8. The Balaban J connectivity index is 1.72. The molecule has 0 bridgehead atoms. The monoisotopic (exact) mass is 385 g/mol. The maximum atomic E-state index is 11.0. The fraction of sp³-hybridized carbons (Fsp3) is 0.316. The van der Waals surface area contributed by atoms with Crippen LogP contribution in [0.1, 0.15) is 16.9 Å². The highest BCUT2D eigenvalue weighted by Crippen LogP contribution is 2.37. The molecule has 0 radical (unpaired) electrons. The smallest absolute Gasteiger partial charge is 0.404 e. The van der Waals surface area contributed by atoms with E-state index in [4.69, 9.17) is 14.6 Å². The summed E-state index contributed by atoms with van der Waals surface area (Å²) in [5.74, 6) is 0.683. The number of hydrogen-bond acceptors (Lipinski definition) is 6. The number of carboxylic acid groups (broad SMARTS) is 1. The van der Waals surface area contributed by atoms with Gasteiger partial charge in [0.2, 0.25) is 0 Å². The van der Waals surface area contributed by atoms with Gasteiger partial charge in [-0.2, -0.15) is 0 Å². The van der Waals surface area contributed by atoms with Gasteiger partial charge in [0.05, 0.1) is 5.69 Å². The number of rotatable bonds is 5. The molecular weight excluding hydrogens is 366 g/mol. The van der Waals surface area contributed by atoms with Gasteiger partial charge < -0.3 is 19.9 Å². The number of ether oxygens (including phenoxy) is 2. The number of benzene rings is 1. The highest BCUT2D eigenvalue weighted by molar-refractivity contribution is 7.18. The molecule has 1 aliphatic rings. The number of methoxy groups -OCH3 is 1. The van der Waals surface area contributed by atoms with Crippen molar-refractivity contribution in [1.29, 1.82) is 0 Å². The van der Waals surface area contributed by atoms with Crippen molar-refractivity contribution < 1.29 is 19.4 Å². The molecule has 8 heteroatoms. The number of carbonyl (C=O) groups is 1. The Bertz CT molecular complexity index is 988. The Morgan fingerprint density at radius 2 is 2.22 bits per heavy atom. The summed E-state index contributed by atoms with van der Waals surface area (Å²) in [6.07, 6.45) is 1.35. The van der Waals surface area contributed by atoms with Crippen LogP contribution in [0.5, 0.6) is 5.75 Å². The van der Waals surface area contributed by atoms with E-state index in [0.29, 0.717) is 12.2 Å². The quantitative estimate of drug-likeness (QED) is 0.653. The predicted molar refractivity (Wildman–Crippen MR) is 102 cm³/mol. The van der Waals surface area contributed by atoms with Gasteiger partial charge in [-0.1, -0.05) is 12.1 Å². The molecule has 7 nitrogen and oxygen atoms in total. The van der Waals surface area contributed by atoms with Gasteiger partial charge in [0, 0.05) is 29.0 Å².